The summed E-state index contributed by atoms with van der Waals surface area (Å²) in [5.41, 5.74) is 3.92. The van der Waals surface area contributed by atoms with Gasteiger partial charge in [-0.15, -0.1) is 0 Å². The summed E-state index contributed by atoms with van der Waals surface area (Å²) < 4.78 is 28.2. The van der Waals surface area contributed by atoms with Gasteiger partial charge < -0.3 is 5.32 Å². The Hall–Kier alpha value is -1.75. The lowest BCUT2D eigenvalue weighted by Crippen LogP contribution is -2.19. The van der Waals surface area contributed by atoms with Crippen molar-refractivity contribution in [1.29, 1.82) is 0 Å². The van der Waals surface area contributed by atoms with E-state index in [0.717, 1.165) is 28.6 Å². The molecule has 3 nitrogen and oxygen atoms in total. The van der Waals surface area contributed by atoms with E-state index in [1.807, 2.05) is 32.6 Å². The van der Waals surface area contributed by atoms with Crippen LogP contribution in [0.3, 0.4) is 0 Å². The molecule has 1 aromatic carbocycles. The molecule has 1 unspecified atom stereocenters. The van der Waals surface area contributed by atoms with Crippen molar-refractivity contribution in [1.82, 2.24) is 15.1 Å². The third-order valence-corrected chi connectivity index (χ3v) is 3.76. The largest absolute Gasteiger partial charge is 0.313 e. The first kappa shape index (κ1) is 14.7. The molecule has 0 amide bonds. The quantitative estimate of drug-likeness (QED) is 0.932. The predicted molar refractivity (Wildman–Crippen MR) is 74.5 cm³/mol. The van der Waals surface area contributed by atoms with Crippen molar-refractivity contribution in [2.75, 3.05) is 7.05 Å². The SMILES string of the molecule is CNC(Cc1c(C)nn(C)c1C)c1ccc(F)c(F)c1. The number of rotatable bonds is 4. The van der Waals surface area contributed by atoms with Gasteiger partial charge in [-0.1, -0.05) is 6.07 Å². The van der Waals surface area contributed by atoms with Crippen LogP contribution in [0.5, 0.6) is 0 Å². The van der Waals surface area contributed by atoms with Gasteiger partial charge in [0.05, 0.1) is 5.69 Å². The highest BCUT2D eigenvalue weighted by Crippen LogP contribution is 2.23. The van der Waals surface area contributed by atoms with Gasteiger partial charge in [0.25, 0.3) is 0 Å². The zero-order valence-electron chi connectivity index (χ0n) is 12.2. The summed E-state index contributed by atoms with van der Waals surface area (Å²) in [5, 5.41) is 7.53. The molecule has 108 valence electrons. The van der Waals surface area contributed by atoms with E-state index in [1.54, 1.807) is 6.07 Å². The summed E-state index contributed by atoms with van der Waals surface area (Å²) in [6.07, 6.45) is 0.688. The van der Waals surface area contributed by atoms with Gasteiger partial charge in [-0.25, -0.2) is 8.78 Å². The van der Waals surface area contributed by atoms with E-state index in [1.165, 1.54) is 6.07 Å². The molecule has 1 heterocycles. The number of nitrogens with one attached hydrogen (secondary N) is 1. The minimum absolute atomic E-state index is 0.0771. The topological polar surface area (TPSA) is 29.9 Å². The Bertz CT molecular complexity index is 620. The van der Waals surface area contributed by atoms with Crippen LogP contribution in [0.1, 0.15) is 28.6 Å². The van der Waals surface area contributed by atoms with Crippen molar-refractivity contribution in [3.8, 4) is 0 Å². The number of halogens is 2. The van der Waals surface area contributed by atoms with Gasteiger partial charge in [-0.3, -0.25) is 4.68 Å². The number of aromatic nitrogens is 2. The molecule has 20 heavy (non-hydrogen) atoms. The second-order valence-electron chi connectivity index (χ2n) is 4.99. The third kappa shape index (κ3) is 2.72. The molecule has 0 radical (unpaired) electrons. The maximum absolute atomic E-state index is 13.4. The van der Waals surface area contributed by atoms with Gasteiger partial charge >= 0.3 is 0 Å². The van der Waals surface area contributed by atoms with Crippen molar-refractivity contribution in [3.05, 3.63) is 52.3 Å². The fourth-order valence-corrected chi connectivity index (χ4v) is 2.43. The first-order valence-corrected chi connectivity index (χ1v) is 6.55. The van der Waals surface area contributed by atoms with E-state index < -0.39 is 11.6 Å². The van der Waals surface area contributed by atoms with Crippen LogP contribution in [0.15, 0.2) is 18.2 Å². The summed E-state index contributed by atoms with van der Waals surface area (Å²) in [4.78, 5) is 0. The van der Waals surface area contributed by atoms with Crippen molar-refractivity contribution >= 4 is 0 Å². The van der Waals surface area contributed by atoms with Gasteiger partial charge in [-0.2, -0.15) is 5.10 Å². The standard InChI is InChI=1S/C15H19F2N3/c1-9-12(10(2)20(4)19-9)8-15(18-3)11-5-6-13(16)14(17)7-11/h5-7,15,18H,8H2,1-4H3. The molecule has 2 rings (SSSR count). The normalized spacial score (nSPS) is 12.7. The van der Waals surface area contributed by atoms with Gasteiger partial charge in [0.1, 0.15) is 0 Å². The van der Waals surface area contributed by atoms with Crippen LogP contribution < -0.4 is 5.32 Å². The molecule has 1 aromatic heterocycles. The molecule has 0 aliphatic carbocycles. The molecular formula is C15H19F2N3. The summed E-state index contributed by atoms with van der Waals surface area (Å²) in [6, 6.07) is 3.95. The minimum Gasteiger partial charge on any atom is -0.313 e. The van der Waals surface area contributed by atoms with Gasteiger partial charge in [-0.05, 0) is 50.6 Å². The summed E-state index contributed by atoms with van der Waals surface area (Å²) in [5.74, 6) is -1.64. The van der Waals surface area contributed by atoms with E-state index >= 15 is 0 Å². The second kappa shape index (κ2) is 5.71. The number of likely N-dealkylation sites (N-methyl/N-ethyl adjacent to an activating group) is 1. The van der Waals surface area contributed by atoms with Crippen LogP contribution in [0.2, 0.25) is 0 Å². The van der Waals surface area contributed by atoms with Crippen LogP contribution in [0, 0.1) is 25.5 Å². The van der Waals surface area contributed by atoms with Gasteiger partial charge in [0, 0.05) is 18.8 Å². The summed E-state index contributed by atoms with van der Waals surface area (Å²) >= 11 is 0. The molecule has 1 atom stereocenters. The average Bonchev–Trinajstić information content (AvgIpc) is 2.65. The number of benzene rings is 1. The molecule has 0 saturated heterocycles. The third-order valence-electron chi connectivity index (χ3n) is 3.76. The van der Waals surface area contributed by atoms with E-state index in [4.69, 9.17) is 0 Å². The van der Waals surface area contributed by atoms with Crippen molar-refractivity contribution in [2.24, 2.45) is 7.05 Å². The fourth-order valence-electron chi connectivity index (χ4n) is 2.43. The molecule has 0 fully saturated rings. The Morgan fingerprint density at radius 1 is 1.25 bits per heavy atom. The average molecular weight is 279 g/mol. The highest BCUT2D eigenvalue weighted by Gasteiger charge is 2.17. The molecule has 0 spiro atoms. The highest BCUT2D eigenvalue weighted by molar-refractivity contribution is 5.29. The fraction of sp³-hybridized carbons (Fsp3) is 0.400. The molecule has 5 heteroatoms. The van der Waals surface area contributed by atoms with Crippen LogP contribution >= 0.6 is 0 Å². The Labute approximate surface area is 117 Å². The number of aryl methyl sites for hydroxylation is 2. The maximum atomic E-state index is 13.4. The molecule has 1 N–H and O–H groups in total. The first-order chi connectivity index (χ1) is 9.43. The molecular weight excluding hydrogens is 260 g/mol. The van der Waals surface area contributed by atoms with Crippen molar-refractivity contribution in [2.45, 2.75) is 26.3 Å². The molecule has 0 aliphatic rings. The van der Waals surface area contributed by atoms with Gasteiger partial charge in [0.15, 0.2) is 11.6 Å². The summed E-state index contributed by atoms with van der Waals surface area (Å²) in [7, 11) is 3.71. The Kier molecular flexibility index (Phi) is 4.18. The smallest absolute Gasteiger partial charge is 0.159 e. The number of hydrogen-bond acceptors (Lipinski definition) is 2. The zero-order chi connectivity index (χ0) is 14.9. The first-order valence-electron chi connectivity index (χ1n) is 6.55. The lowest BCUT2D eigenvalue weighted by atomic mass is 9.97. The molecule has 0 bridgehead atoms. The van der Waals surface area contributed by atoms with E-state index in [9.17, 15) is 8.78 Å². The van der Waals surface area contributed by atoms with Crippen molar-refractivity contribution < 1.29 is 8.78 Å². The Balaban J connectivity index is 2.31. The number of nitrogens with zero attached hydrogens (tertiary/aromatic N) is 2. The van der Waals surface area contributed by atoms with Crippen LogP contribution in [-0.4, -0.2) is 16.8 Å². The minimum atomic E-state index is -0.822. The second-order valence-corrected chi connectivity index (χ2v) is 4.99. The van der Waals surface area contributed by atoms with E-state index in [2.05, 4.69) is 10.4 Å². The van der Waals surface area contributed by atoms with Crippen LogP contribution in [0.25, 0.3) is 0 Å². The predicted octanol–water partition coefficient (Wildman–Crippen LogP) is 2.82. The number of hydrogen-bond donors (Lipinski definition) is 1. The zero-order valence-corrected chi connectivity index (χ0v) is 12.2. The van der Waals surface area contributed by atoms with E-state index in [0.29, 0.717) is 6.42 Å². The van der Waals surface area contributed by atoms with Crippen LogP contribution in [-0.2, 0) is 13.5 Å². The monoisotopic (exact) mass is 279 g/mol. The summed E-state index contributed by atoms with van der Waals surface area (Å²) in [6.45, 7) is 3.97. The van der Waals surface area contributed by atoms with Crippen molar-refractivity contribution in [3.63, 3.8) is 0 Å². The Morgan fingerprint density at radius 3 is 2.45 bits per heavy atom. The molecule has 2 aromatic rings. The molecule has 0 saturated carbocycles. The molecule has 0 aliphatic heterocycles. The lowest BCUT2D eigenvalue weighted by Gasteiger charge is -2.17. The van der Waals surface area contributed by atoms with E-state index in [-0.39, 0.29) is 6.04 Å². The van der Waals surface area contributed by atoms with Gasteiger partial charge in [0.2, 0.25) is 0 Å². The maximum Gasteiger partial charge on any atom is 0.159 e. The van der Waals surface area contributed by atoms with Crippen LogP contribution in [0.4, 0.5) is 8.78 Å². The highest BCUT2D eigenvalue weighted by atomic mass is 19.2. The Morgan fingerprint density at radius 2 is 1.95 bits per heavy atom. The lowest BCUT2D eigenvalue weighted by molar-refractivity contribution is 0.501.